The van der Waals surface area contributed by atoms with Crippen molar-refractivity contribution >= 4 is 19.8 Å². The van der Waals surface area contributed by atoms with Crippen LogP contribution in [-0.4, -0.2) is 35.5 Å². The van der Waals surface area contributed by atoms with Crippen molar-refractivity contribution in [1.82, 2.24) is 10.6 Å². The largest absolute Gasteiger partial charge is 0.357 e. The van der Waals surface area contributed by atoms with E-state index in [1.165, 1.54) is 12.6 Å². The van der Waals surface area contributed by atoms with Crippen molar-refractivity contribution < 1.29 is 19.0 Å². The molecule has 2 rings (SSSR count). The number of likely N-dealkylation sites (N-methyl/N-ethyl adjacent to an activating group) is 1. The first-order valence-electron chi connectivity index (χ1n) is 12.3. The van der Waals surface area contributed by atoms with Gasteiger partial charge in [0.15, 0.2) is 8.03 Å². The van der Waals surface area contributed by atoms with Crippen LogP contribution >= 0.6 is 8.03 Å². The summed E-state index contributed by atoms with van der Waals surface area (Å²) in [6.07, 6.45) is 1.60. The van der Waals surface area contributed by atoms with E-state index in [0.29, 0.717) is 12.8 Å². The number of carbonyl (C=O) groups is 2. The molecule has 35 heavy (non-hydrogen) atoms. The van der Waals surface area contributed by atoms with Crippen molar-refractivity contribution in [1.29, 1.82) is 0 Å². The molecule has 0 saturated heterocycles. The Morgan fingerprint density at radius 1 is 0.914 bits per heavy atom. The van der Waals surface area contributed by atoms with Crippen LogP contribution in [0, 0.1) is 17.3 Å². The molecule has 0 fully saturated rings. The zero-order valence-electron chi connectivity index (χ0n) is 21.8. The van der Waals surface area contributed by atoms with Crippen LogP contribution in [0.5, 0.6) is 0 Å². The molecule has 2 amide bonds. The Kier molecular flexibility index (Phi) is 10.7. The fourth-order valence-corrected chi connectivity index (χ4v) is 5.35. The Labute approximate surface area is 210 Å². The van der Waals surface area contributed by atoms with Crippen molar-refractivity contribution in [3.8, 4) is 0 Å². The van der Waals surface area contributed by atoms with E-state index in [0.717, 1.165) is 17.5 Å². The molecule has 0 aliphatic heterocycles. The molecule has 0 heterocycles. The van der Waals surface area contributed by atoms with Crippen LogP contribution in [0.4, 0.5) is 0 Å². The van der Waals surface area contributed by atoms with Gasteiger partial charge in [0.2, 0.25) is 11.8 Å². The molecule has 0 bridgehead atoms. The monoisotopic (exact) mass is 500 g/mol. The fourth-order valence-electron chi connectivity index (χ4n) is 4.31. The molecule has 192 valence electrons. The molecule has 6 nitrogen and oxygen atoms in total. The van der Waals surface area contributed by atoms with Gasteiger partial charge in [-0.05, 0) is 47.3 Å². The summed E-state index contributed by atoms with van der Waals surface area (Å²) in [6, 6.07) is 17.5. The molecule has 0 aliphatic carbocycles. The van der Waals surface area contributed by atoms with E-state index in [4.69, 9.17) is 0 Å². The lowest BCUT2D eigenvalue weighted by atomic mass is 9.84. The molecule has 4 unspecified atom stereocenters. The molecule has 4 atom stereocenters. The predicted molar refractivity (Wildman–Crippen MR) is 143 cm³/mol. The minimum atomic E-state index is -3.02. The van der Waals surface area contributed by atoms with Gasteiger partial charge in [-0.25, -0.2) is 0 Å². The lowest BCUT2D eigenvalue weighted by molar-refractivity contribution is -0.133. The van der Waals surface area contributed by atoms with Gasteiger partial charge in [0.1, 0.15) is 6.04 Å². The number of rotatable bonds is 11. The average molecular weight is 501 g/mol. The maximum absolute atomic E-state index is 13.4. The van der Waals surface area contributed by atoms with Crippen molar-refractivity contribution in [2.24, 2.45) is 17.3 Å². The van der Waals surface area contributed by atoms with Gasteiger partial charge in [0, 0.05) is 12.7 Å². The van der Waals surface area contributed by atoms with Crippen molar-refractivity contribution in [3.05, 3.63) is 71.3 Å². The summed E-state index contributed by atoms with van der Waals surface area (Å²) in [6.45, 7) is 9.63. The van der Waals surface area contributed by atoms with E-state index in [-0.39, 0.29) is 17.7 Å². The molecule has 2 aromatic rings. The summed E-state index contributed by atoms with van der Waals surface area (Å²) in [5, 5.41) is 5.50. The van der Waals surface area contributed by atoms with Crippen LogP contribution in [0.3, 0.4) is 0 Å². The lowest BCUT2D eigenvalue weighted by Crippen LogP contribution is -2.55. The van der Waals surface area contributed by atoms with Gasteiger partial charge in [-0.1, -0.05) is 89.2 Å². The molecular weight excluding hydrogens is 459 g/mol. The second-order valence-electron chi connectivity index (χ2n) is 10.8. The minimum Gasteiger partial charge on any atom is -0.357 e. The number of nitrogens with one attached hydrogen (secondary N) is 2. The molecule has 3 N–H and O–H groups in total. The Balaban J connectivity index is 2.24. The van der Waals surface area contributed by atoms with E-state index in [2.05, 4.69) is 22.8 Å². The predicted octanol–water partition coefficient (Wildman–Crippen LogP) is 4.59. The maximum atomic E-state index is 13.4. The molecule has 7 heteroatoms. The summed E-state index contributed by atoms with van der Waals surface area (Å²) < 4.78 is 12.5. The number of amides is 2. The summed E-state index contributed by atoms with van der Waals surface area (Å²) in [7, 11) is -1.49. The van der Waals surface area contributed by atoms with Gasteiger partial charge in [0.05, 0.1) is 5.92 Å². The molecule has 0 radical (unpaired) electrons. The van der Waals surface area contributed by atoms with Gasteiger partial charge in [-0.3, -0.25) is 14.2 Å². The second kappa shape index (κ2) is 13.0. The molecule has 0 saturated carbocycles. The molecular formula is C28H41N2O4P. The zero-order chi connectivity index (χ0) is 26.2. The summed E-state index contributed by atoms with van der Waals surface area (Å²) in [5.41, 5.74) is 2.07. The Morgan fingerprint density at radius 2 is 1.46 bits per heavy atom. The van der Waals surface area contributed by atoms with Crippen LogP contribution < -0.4 is 10.6 Å². The Bertz CT molecular complexity index is 984. The van der Waals surface area contributed by atoms with Gasteiger partial charge in [0.25, 0.3) is 0 Å². The minimum absolute atomic E-state index is 0.149. The lowest BCUT2D eigenvalue weighted by Gasteiger charge is -2.33. The summed E-state index contributed by atoms with van der Waals surface area (Å²) in [4.78, 5) is 36.2. The Morgan fingerprint density at radius 3 is 1.94 bits per heavy atom. The average Bonchev–Trinajstić information content (AvgIpc) is 2.79. The van der Waals surface area contributed by atoms with Gasteiger partial charge >= 0.3 is 0 Å². The van der Waals surface area contributed by atoms with Crippen LogP contribution in [0.2, 0.25) is 0 Å². The van der Waals surface area contributed by atoms with E-state index in [1.54, 1.807) is 0 Å². The van der Waals surface area contributed by atoms with Crippen LogP contribution in [0.1, 0.15) is 57.7 Å². The molecule has 0 aromatic heterocycles. The first kappa shape index (κ1) is 28.8. The van der Waals surface area contributed by atoms with Crippen molar-refractivity contribution in [2.45, 2.75) is 65.6 Å². The third-order valence-corrected chi connectivity index (χ3v) is 7.50. The van der Waals surface area contributed by atoms with Gasteiger partial charge in [-0.15, -0.1) is 0 Å². The molecule has 2 aromatic carbocycles. The van der Waals surface area contributed by atoms with Crippen LogP contribution in [0.15, 0.2) is 54.6 Å². The quantitative estimate of drug-likeness (QED) is 0.393. The summed E-state index contributed by atoms with van der Waals surface area (Å²) >= 11 is 0. The van der Waals surface area contributed by atoms with Gasteiger partial charge in [-0.2, -0.15) is 0 Å². The fraction of sp³-hybridized carbons (Fsp3) is 0.500. The van der Waals surface area contributed by atoms with Gasteiger partial charge < -0.3 is 15.5 Å². The number of benzene rings is 2. The highest BCUT2D eigenvalue weighted by Crippen LogP contribution is 2.36. The SMILES string of the molecule is CNC(=O)C(NC(=O)C(CC(C)C)C(Cc1ccc(Cc2ccccc2)cc1)[PH](=O)O)C(C)(C)C. The van der Waals surface area contributed by atoms with Crippen LogP contribution in [-0.2, 0) is 27.0 Å². The van der Waals surface area contributed by atoms with E-state index in [9.17, 15) is 19.0 Å². The maximum Gasteiger partial charge on any atom is 0.242 e. The highest BCUT2D eigenvalue weighted by atomic mass is 31.1. The number of hydrogen-bond acceptors (Lipinski definition) is 3. The topological polar surface area (TPSA) is 95.5 Å². The van der Waals surface area contributed by atoms with E-state index < -0.39 is 31.1 Å². The third-order valence-electron chi connectivity index (χ3n) is 6.26. The van der Waals surface area contributed by atoms with Crippen molar-refractivity contribution in [3.63, 3.8) is 0 Å². The Hall–Kier alpha value is -2.43. The molecule has 0 aliphatic rings. The normalized spacial score (nSPS) is 15.2. The number of carbonyl (C=O) groups excluding carboxylic acids is 2. The highest BCUT2D eigenvalue weighted by Gasteiger charge is 2.38. The van der Waals surface area contributed by atoms with E-state index in [1.807, 2.05) is 77.1 Å². The van der Waals surface area contributed by atoms with E-state index >= 15 is 0 Å². The van der Waals surface area contributed by atoms with Crippen molar-refractivity contribution in [2.75, 3.05) is 7.05 Å². The third kappa shape index (κ3) is 8.94. The standard InChI is InChI=1S/C28H41N2O4P/c1-19(2)16-23(26(31)30-25(27(32)29-6)28(3,4)5)24(35(33)34)18-22-14-12-21(13-15-22)17-20-10-8-7-9-11-20/h7-15,19,23-25,35H,16-18H2,1-6H3,(H,29,32)(H,30,31)(H,33,34). The number of hydrogen-bond donors (Lipinski definition) is 3. The zero-order valence-corrected chi connectivity index (χ0v) is 22.8. The second-order valence-corrected chi connectivity index (χ2v) is 12.2. The van der Waals surface area contributed by atoms with Crippen LogP contribution in [0.25, 0.3) is 0 Å². The first-order chi connectivity index (χ1) is 16.4. The summed E-state index contributed by atoms with van der Waals surface area (Å²) in [5.74, 6) is -1.16. The first-order valence-corrected chi connectivity index (χ1v) is 13.7. The molecule has 0 spiro atoms. The smallest absolute Gasteiger partial charge is 0.242 e. The highest BCUT2D eigenvalue weighted by molar-refractivity contribution is 7.39.